The summed E-state index contributed by atoms with van der Waals surface area (Å²) in [5, 5.41) is 9.81. The highest BCUT2D eigenvalue weighted by Crippen LogP contribution is 2.35. The Kier molecular flexibility index (Phi) is 6.99. The number of rotatable bonds is 7. The normalized spacial score (nSPS) is 24.2. The first kappa shape index (κ1) is 23.8. The van der Waals surface area contributed by atoms with E-state index in [-0.39, 0.29) is 0 Å². The van der Waals surface area contributed by atoms with Crippen LogP contribution in [0.15, 0.2) is 17.6 Å². The van der Waals surface area contributed by atoms with Crippen LogP contribution in [0, 0.1) is 5.92 Å². The molecule has 3 aliphatic rings. The Morgan fingerprint density at radius 3 is 2.65 bits per heavy atom. The summed E-state index contributed by atoms with van der Waals surface area (Å²) in [4.78, 5) is 12.2. The van der Waals surface area contributed by atoms with Crippen molar-refractivity contribution in [3.63, 3.8) is 0 Å². The van der Waals surface area contributed by atoms with Crippen molar-refractivity contribution >= 4 is 17.6 Å². The molecule has 186 valence electrons. The molecular weight excluding hydrogens is 467 g/mol. The van der Waals surface area contributed by atoms with Crippen LogP contribution in [-0.2, 0) is 18.0 Å². The predicted molar refractivity (Wildman–Crippen MR) is 122 cm³/mol. The second-order valence-corrected chi connectivity index (χ2v) is 10.4. The number of halogens is 3. The van der Waals surface area contributed by atoms with Crippen LogP contribution in [0.2, 0.25) is 0 Å². The van der Waals surface area contributed by atoms with Crippen molar-refractivity contribution in [3.05, 3.63) is 23.9 Å². The van der Waals surface area contributed by atoms with Crippen molar-refractivity contribution < 1.29 is 17.9 Å². The molecule has 0 amide bonds. The zero-order valence-corrected chi connectivity index (χ0v) is 20.1. The molecule has 8 nitrogen and oxygen atoms in total. The fourth-order valence-corrected chi connectivity index (χ4v) is 6.19. The van der Waals surface area contributed by atoms with Crippen molar-refractivity contribution in [3.8, 4) is 0 Å². The summed E-state index contributed by atoms with van der Waals surface area (Å²) in [6, 6.07) is 0.291. The second kappa shape index (κ2) is 9.98. The molecule has 0 bridgehead atoms. The van der Waals surface area contributed by atoms with E-state index in [2.05, 4.69) is 34.5 Å². The summed E-state index contributed by atoms with van der Waals surface area (Å²) in [6.45, 7) is 5.34. The largest absolute Gasteiger partial charge is 0.434 e. The lowest BCUT2D eigenvalue weighted by Gasteiger charge is -2.25. The summed E-state index contributed by atoms with van der Waals surface area (Å²) >= 11 is 1.75. The van der Waals surface area contributed by atoms with Gasteiger partial charge >= 0.3 is 6.18 Å². The third kappa shape index (κ3) is 5.03. The van der Waals surface area contributed by atoms with Crippen molar-refractivity contribution in [1.82, 2.24) is 29.6 Å². The molecule has 2 aromatic rings. The molecule has 2 aromatic heterocycles. The molecular formula is C22H30F3N7OS. The van der Waals surface area contributed by atoms with Gasteiger partial charge in [-0.3, -0.25) is 0 Å². The van der Waals surface area contributed by atoms with Gasteiger partial charge in [-0.15, -0.1) is 10.2 Å². The quantitative estimate of drug-likeness (QED) is 0.427. The zero-order valence-electron chi connectivity index (χ0n) is 19.2. The molecule has 3 saturated heterocycles. The van der Waals surface area contributed by atoms with Gasteiger partial charge in [0, 0.05) is 57.6 Å². The highest BCUT2D eigenvalue weighted by atomic mass is 32.2. The number of nitrogens with zero attached hydrogens (tertiary/aromatic N) is 7. The van der Waals surface area contributed by atoms with Gasteiger partial charge in [0.15, 0.2) is 10.9 Å². The zero-order chi connectivity index (χ0) is 23.7. The van der Waals surface area contributed by atoms with E-state index in [1.165, 1.54) is 6.20 Å². The Balaban J connectivity index is 1.09. The first-order valence-corrected chi connectivity index (χ1v) is 12.9. The number of aromatic nitrogens is 5. The lowest BCUT2D eigenvalue weighted by atomic mass is 10.00. The Bertz CT molecular complexity index is 964. The highest BCUT2D eigenvalue weighted by Gasteiger charge is 2.42. The standard InChI is InChI=1S/C22H30F3N7OS/c1-30-20(15-4-8-33-9-5-15)28-29-21(30)34-10-2-6-31-13-16-3-7-32(17(16)14-31)19-12-26-18(11-27-19)22(23,24)25/h11-12,15-17H,2-10,13-14H2,1H3. The molecule has 0 spiro atoms. The number of hydrogen-bond acceptors (Lipinski definition) is 8. The molecule has 12 heteroatoms. The maximum atomic E-state index is 12.8. The van der Waals surface area contributed by atoms with E-state index < -0.39 is 11.9 Å². The molecule has 5 heterocycles. The Labute approximate surface area is 201 Å². The Morgan fingerprint density at radius 1 is 1.09 bits per heavy atom. The Hall–Kier alpha value is -1.92. The molecule has 5 rings (SSSR count). The summed E-state index contributed by atoms with van der Waals surface area (Å²) in [5.41, 5.74) is -0.944. The lowest BCUT2D eigenvalue weighted by molar-refractivity contribution is -0.141. The minimum Gasteiger partial charge on any atom is -0.381 e. The van der Waals surface area contributed by atoms with Gasteiger partial charge in [-0.05, 0) is 38.1 Å². The van der Waals surface area contributed by atoms with Gasteiger partial charge < -0.3 is 19.1 Å². The molecule has 3 aliphatic heterocycles. The number of fused-ring (bicyclic) bond motifs is 1. The third-order valence-electron chi connectivity index (χ3n) is 7.15. The summed E-state index contributed by atoms with van der Waals surface area (Å²) in [7, 11) is 2.05. The van der Waals surface area contributed by atoms with Crippen LogP contribution in [0.5, 0.6) is 0 Å². The molecule has 0 saturated carbocycles. The third-order valence-corrected chi connectivity index (χ3v) is 8.26. The average Bonchev–Trinajstić information content (AvgIpc) is 3.51. The SMILES string of the molecule is Cn1c(SCCCN2CC3CCN(c4cnc(C(F)(F)F)cn4)C3C2)nnc1C1CCOCC1. The molecule has 2 unspecified atom stereocenters. The maximum absolute atomic E-state index is 12.8. The average molecular weight is 498 g/mol. The van der Waals surface area contributed by atoms with Crippen LogP contribution in [0.1, 0.15) is 43.1 Å². The van der Waals surface area contributed by atoms with Crippen molar-refractivity contribution in [2.75, 3.05) is 50.0 Å². The van der Waals surface area contributed by atoms with E-state index in [4.69, 9.17) is 4.74 Å². The van der Waals surface area contributed by atoms with Crippen molar-refractivity contribution in [1.29, 1.82) is 0 Å². The Morgan fingerprint density at radius 2 is 1.91 bits per heavy atom. The van der Waals surface area contributed by atoms with Crippen LogP contribution in [-0.4, -0.2) is 80.8 Å². The van der Waals surface area contributed by atoms with E-state index in [0.29, 0.717) is 23.7 Å². The van der Waals surface area contributed by atoms with E-state index in [9.17, 15) is 13.2 Å². The fourth-order valence-electron chi connectivity index (χ4n) is 5.35. The number of hydrogen-bond donors (Lipinski definition) is 0. The number of ether oxygens (including phenoxy) is 1. The monoisotopic (exact) mass is 497 g/mol. The summed E-state index contributed by atoms with van der Waals surface area (Å²) in [5.74, 6) is 3.53. The van der Waals surface area contributed by atoms with Crippen molar-refractivity contribution in [2.24, 2.45) is 13.0 Å². The first-order chi connectivity index (χ1) is 16.4. The predicted octanol–water partition coefficient (Wildman–Crippen LogP) is 3.21. The van der Waals surface area contributed by atoms with Crippen LogP contribution in [0.4, 0.5) is 19.0 Å². The van der Waals surface area contributed by atoms with E-state index in [0.717, 1.165) is 88.0 Å². The summed E-state index contributed by atoms with van der Waals surface area (Å²) in [6.07, 6.45) is 1.73. The minimum atomic E-state index is -4.46. The van der Waals surface area contributed by atoms with E-state index >= 15 is 0 Å². The van der Waals surface area contributed by atoms with Crippen LogP contribution in [0.3, 0.4) is 0 Å². The summed E-state index contributed by atoms with van der Waals surface area (Å²) < 4.78 is 46.0. The van der Waals surface area contributed by atoms with Crippen molar-refractivity contribution in [2.45, 2.75) is 49.0 Å². The number of thioether (sulfide) groups is 1. The molecule has 0 N–H and O–H groups in total. The van der Waals surface area contributed by atoms with Crippen LogP contribution < -0.4 is 4.90 Å². The number of anilines is 1. The topological polar surface area (TPSA) is 72.2 Å². The second-order valence-electron chi connectivity index (χ2n) is 9.32. The molecule has 3 fully saturated rings. The molecule has 2 atom stereocenters. The van der Waals surface area contributed by atoms with E-state index in [1.54, 1.807) is 11.8 Å². The van der Waals surface area contributed by atoms with Gasteiger partial charge in [-0.25, -0.2) is 9.97 Å². The first-order valence-electron chi connectivity index (χ1n) is 11.9. The van der Waals surface area contributed by atoms with Gasteiger partial charge in [-0.2, -0.15) is 13.2 Å². The van der Waals surface area contributed by atoms with Gasteiger partial charge in [0.2, 0.25) is 0 Å². The maximum Gasteiger partial charge on any atom is 0.434 e. The minimum absolute atomic E-state index is 0.291. The number of alkyl halides is 3. The lowest BCUT2D eigenvalue weighted by Crippen LogP contribution is -2.36. The highest BCUT2D eigenvalue weighted by molar-refractivity contribution is 7.99. The smallest absolute Gasteiger partial charge is 0.381 e. The molecule has 0 aliphatic carbocycles. The van der Waals surface area contributed by atoms with Crippen LogP contribution in [0.25, 0.3) is 0 Å². The molecule has 0 radical (unpaired) electrons. The van der Waals surface area contributed by atoms with E-state index in [1.807, 2.05) is 7.05 Å². The van der Waals surface area contributed by atoms with Crippen LogP contribution >= 0.6 is 11.8 Å². The van der Waals surface area contributed by atoms with Gasteiger partial charge in [-0.1, -0.05) is 11.8 Å². The van der Waals surface area contributed by atoms with Gasteiger partial charge in [0.1, 0.15) is 11.6 Å². The molecule has 0 aromatic carbocycles. The van der Waals surface area contributed by atoms with Gasteiger partial charge in [0.05, 0.1) is 12.4 Å². The van der Waals surface area contributed by atoms with Gasteiger partial charge in [0.25, 0.3) is 0 Å². The molecule has 34 heavy (non-hydrogen) atoms. The number of likely N-dealkylation sites (tertiary alicyclic amines) is 1. The fraction of sp³-hybridized carbons (Fsp3) is 0.727.